The standard InChI is InChI=1S/C30H26F2N2O3/c1-17-27(30(36)34-24-13-10-21(31)16-23(24)32)28(19-8-11-22(37-2)12-9-19)29-25(33-17)14-20(15-26(29)35)18-6-4-3-5-7-18/h3-13,16,20,28,33H,14-15H2,1-2H3,(H,34,36)/t20-,28-/m1/s1. The lowest BCUT2D eigenvalue weighted by molar-refractivity contribution is -0.116. The Morgan fingerprint density at radius 2 is 1.70 bits per heavy atom. The van der Waals surface area contributed by atoms with E-state index in [2.05, 4.69) is 10.6 Å². The fraction of sp³-hybridized carbons (Fsp3) is 0.200. The van der Waals surface area contributed by atoms with Crippen LogP contribution in [0.15, 0.2) is 95.3 Å². The Labute approximate surface area is 213 Å². The van der Waals surface area contributed by atoms with E-state index in [-0.39, 0.29) is 17.4 Å². The summed E-state index contributed by atoms with van der Waals surface area (Å²) in [6.45, 7) is 1.77. The molecule has 0 unspecified atom stereocenters. The number of halogens is 2. The van der Waals surface area contributed by atoms with E-state index in [1.165, 1.54) is 6.07 Å². The number of ketones is 1. The smallest absolute Gasteiger partial charge is 0.254 e. The highest BCUT2D eigenvalue weighted by Crippen LogP contribution is 2.46. The summed E-state index contributed by atoms with van der Waals surface area (Å²) >= 11 is 0. The molecule has 1 heterocycles. The number of anilines is 1. The monoisotopic (exact) mass is 500 g/mol. The molecule has 0 fully saturated rings. The summed E-state index contributed by atoms with van der Waals surface area (Å²) in [5, 5.41) is 5.88. The summed E-state index contributed by atoms with van der Waals surface area (Å²) in [5.74, 6) is -2.23. The Kier molecular flexibility index (Phi) is 6.61. The third kappa shape index (κ3) is 4.77. The van der Waals surface area contributed by atoms with Gasteiger partial charge < -0.3 is 15.4 Å². The molecule has 1 amide bonds. The molecule has 7 heteroatoms. The van der Waals surface area contributed by atoms with Crippen molar-refractivity contribution >= 4 is 17.4 Å². The first kappa shape index (κ1) is 24.4. The third-order valence-corrected chi connectivity index (χ3v) is 6.97. The van der Waals surface area contributed by atoms with E-state index in [1.54, 1.807) is 26.2 Å². The van der Waals surface area contributed by atoms with Crippen molar-refractivity contribution in [3.8, 4) is 5.75 Å². The molecule has 0 spiro atoms. The van der Waals surface area contributed by atoms with Gasteiger partial charge in [-0.3, -0.25) is 9.59 Å². The number of rotatable bonds is 5. The van der Waals surface area contributed by atoms with E-state index in [1.807, 2.05) is 42.5 Å². The Morgan fingerprint density at radius 1 is 0.973 bits per heavy atom. The maximum Gasteiger partial charge on any atom is 0.254 e. The van der Waals surface area contributed by atoms with Gasteiger partial charge in [0, 0.05) is 40.9 Å². The fourth-order valence-electron chi connectivity index (χ4n) is 5.21. The van der Waals surface area contributed by atoms with Crippen molar-refractivity contribution in [2.24, 2.45) is 0 Å². The SMILES string of the molecule is COc1ccc([C@@H]2C(C(=O)Nc3ccc(F)cc3F)=C(C)NC3=C2C(=O)C[C@H](c2ccccc2)C3)cc1. The third-order valence-electron chi connectivity index (χ3n) is 6.97. The molecule has 1 aliphatic heterocycles. The van der Waals surface area contributed by atoms with Gasteiger partial charge in [0.1, 0.15) is 17.4 Å². The predicted molar refractivity (Wildman–Crippen MR) is 137 cm³/mol. The molecule has 3 aromatic carbocycles. The Hall–Kier alpha value is -4.26. The van der Waals surface area contributed by atoms with Gasteiger partial charge in [-0.1, -0.05) is 42.5 Å². The summed E-state index contributed by atoms with van der Waals surface area (Å²) < 4.78 is 33.0. The first-order valence-corrected chi connectivity index (χ1v) is 12.0. The lowest BCUT2D eigenvalue weighted by Crippen LogP contribution is -2.37. The number of methoxy groups -OCH3 is 1. The number of carbonyl (C=O) groups is 2. The van der Waals surface area contributed by atoms with Crippen LogP contribution in [-0.4, -0.2) is 18.8 Å². The number of amides is 1. The van der Waals surface area contributed by atoms with Gasteiger partial charge in [-0.05, 0) is 54.7 Å². The number of benzene rings is 3. The lowest BCUT2D eigenvalue weighted by atomic mass is 9.71. The van der Waals surface area contributed by atoms with Gasteiger partial charge >= 0.3 is 0 Å². The molecule has 0 radical (unpaired) electrons. The second-order valence-electron chi connectivity index (χ2n) is 9.28. The van der Waals surface area contributed by atoms with Gasteiger partial charge in [-0.15, -0.1) is 0 Å². The average molecular weight is 501 g/mol. The predicted octanol–water partition coefficient (Wildman–Crippen LogP) is 5.97. The van der Waals surface area contributed by atoms with Crippen LogP contribution in [0.2, 0.25) is 0 Å². The minimum absolute atomic E-state index is 0.0213. The normalized spacial score (nSPS) is 19.3. The minimum Gasteiger partial charge on any atom is -0.497 e. The summed E-state index contributed by atoms with van der Waals surface area (Å²) in [6, 6.07) is 20.1. The second-order valence-corrected chi connectivity index (χ2v) is 9.28. The minimum atomic E-state index is -0.879. The van der Waals surface area contributed by atoms with Crippen LogP contribution in [0.1, 0.15) is 42.7 Å². The van der Waals surface area contributed by atoms with Crippen molar-refractivity contribution in [3.63, 3.8) is 0 Å². The van der Waals surface area contributed by atoms with Crippen molar-refractivity contribution in [2.75, 3.05) is 12.4 Å². The number of Topliss-reactive ketones (excluding diaryl/α,β-unsaturated/α-hetero) is 1. The maximum atomic E-state index is 14.3. The van der Waals surface area contributed by atoms with E-state index < -0.39 is 23.5 Å². The first-order valence-electron chi connectivity index (χ1n) is 12.0. The molecule has 188 valence electrons. The molecule has 0 bridgehead atoms. The highest BCUT2D eigenvalue weighted by molar-refractivity contribution is 6.10. The quantitative estimate of drug-likeness (QED) is 0.453. The molecular formula is C30H26F2N2O3. The molecule has 2 aliphatic rings. The zero-order chi connectivity index (χ0) is 26.1. The number of dihydropyridines is 1. The van der Waals surface area contributed by atoms with Crippen molar-refractivity contribution in [3.05, 3.63) is 118 Å². The fourth-order valence-corrected chi connectivity index (χ4v) is 5.21. The lowest BCUT2D eigenvalue weighted by Gasteiger charge is -2.37. The molecule has 2 atom stereocenters. The van der Waals surface area contributed by atoms with Crippen LogP contribution in [0, 0.1) is 11.6 Å². The van der Waals surface area contributed by atoms with Gasteiger partial charge in [-0.25, -0.2) is 8.78 Å². The van der Waals surface area contributed by atoms with Crippen molar-refractivity contribution in [2.45, 2.75) is 31.6 Å². The van der Waals surface area contributed by atoms with Crippen LogP contribution in [0.3, 0.4) is 0 Å². The molecule has 5 rings (SSSR count). The van der Waals surface area contributed by atoms with Crippen LogP contribution in [0.4, 0.5) is 14.5 Å². The summed E-state index contributed by atoms with van der Waals surface area (Å²) in [7, 11) is 1.56. The zero-order valence-corrected chi connectivity index (χ0v) is 20.5. The molecule has 3 aromatic rings. The van der Waals surface area contributed by atoms with Crippen LogP contribution in [0.25, 0.3) is 0 Å². The van der Waals surface area contributed by atoms with Crippen LogP contribution in [0.5, 0.6) is 5.75 Å². The van der Waals surface area contributed by atoms with Gasteiger partial charge in [0.05, 0.1) is 12.8 Å². The average Bonchev–Trinajstić information content (AvgIpc) is 2.90. The Morgan fingerprint density at radius 3 is 2.38 bits per heavy atom. The summed E-state index contributed by atoms with van der Waals surface area (Å²) in [4.78, 5) is 27.2. The molecule has 2 N–H and O–H groups in total. The van der Waals surface area contributed by atoms with Crippen molar-refractivity contribution in [1.29, 1.82) is 0 Å². The Bertz CT molecular complexity index is 1430. The van der Waals surface area contributed by atoms with Crippen molar-refractivity contribution < 1.29 is 23.1 Å². The second kappa shape index (κ2) is 10.0. The van der Waals surface area contributed by atoms with Crippen LogP contribution in [-0.2, 0) is 9.59 Å². The van der Waals surface area contributed by atoms with Gasteiger partial charge in [-0.2, -0.15) is 0 Å². The van der Waals surface area contributed by atoms with Gasteiger partial charge in [0.25, 0.3) is 5.91 Å². The van der Waals surface area contributed by atoms with E-state index in [0.717, 1.165) is 22.9 Å². The van der Waals surface area contributed by atoms with Crippen LogP contribution >= 0.6 is 0 Å². The molecule has 37 heavy (non-hydrogen) atoms. The largest absolute Gasteiger partial charge is 0.497 e. The molecule has 0 aromatic heterocycles. The maximum absolute atomic E-state index is 14.3. The molecule has 0 saturated carbocycles. The Balaban J connectivity index is 1.56. The highest BCUT2D eigenvalue weighted by Gasteiger charge is 2.41. The van der Waals surface area contributed by atoms with Crippen LogP contribution < -0.4 is 15.4 Å². The number of carbonyl (C=O) groups excluding carboxylic acids is 2. The number of nitrogens with one attached hydrogen (secondary N) is 2. The molecular weight excluding hydrogens is 474 g/mol. The van der Waals surface area contributed by atoms with E-state index in [4.69, 9.17) is 4.74 Å². The van der Waals surface area contributed by atoms with Gasteiger partial charge in [0.15, 0.2) is 5.78 Å². The van der Waals surface area contributed by atoms with Crippen molar-refractivity contribution in [1.82, 2.24) is 5.32 Å². The topological polar surface area (TPSA) is 67.4 Å². The highest BCUT2D eigenvalue weighted by atomic mass is 19.1. The number of allylic oxidation sites excluding steroid dienone is 3. The van der Waals surface area contributed by atoms with E-state index >= 15 is 0 Å². The zero-order valence-electron chi connectivity index (χ0n) is 20.5. The summed E-state index contributed by atoms with van der Waals surface area (Å²) in [5.41, 5.74) is 3.88. The molecule has 5 nitrogen and oxygen atoms in total. The first-order chi connectivity index (χ1) is 17.9. The van der Waals surface area contributed by atoms with E-state index in [9.17, 15) is 18.4 Å². The number of hydrogen-bond donors (Lipinski definition) is 2. The molecule has 0 saturated heterocycles. The summed E-state index contributed by atoms with van der Waals surface area (Å²) in [6.07, 6.45) is 0.939. The number of hydrogen-bond acceptors (Lipinski definition) is 4. The van der Waals surface area contributed by atoms with Gasteiger partial charge in [0.2, 0.25) is 0 Å². The number of ether oxygens (including phenoxy) is 1. The molecule has 1 aliphatic carbocycles. The van der Waals surface area contributed by atoms with E-state index in [0.29, 0.717) is 41.5 Å².